The highest BCUT2D eigenvalue weighted by molar-refractivity contribution is 6.33. The van der Waals surface area contributed by atoms with Crippen LogP contribution in [0.15, 0.2) is 6.33 Å². The van der Waals surface area contributed by atoms with E-state index in [4.69, 9.17) is 11.6 Å². The molecule has 2 aromatic rings. The van der Waals surface area contributed by atoms with Crippen LogP contribution in [-0.2, 0) is 0 Å². The van der Waals surface area contributed by atoms with E-state index < -0.39 is 0 Å². The first kappa shape index (κ1) is 10.3. The smallest absolute Gasteiger partial charge is 0.183 e. The molecule has 0 radical (unpaired) electrons. The normalized spacial score (nSPS) is 13.7. The van der Waals surface area contributed by atoms with Gasteiger partial charge in [-0.1, -0.05) is 30.7 Å². The average molecular weight is 226 g/mol. The fraction of sp³-hybridized carbons (Fsp3) is 0.556. The van der Waals surface area contributed by atoms with Crippen LogP contribution in [0.25, 0.3) is 11.2 Å². The molecule has 0 saturated heterocycles. The minimum atomic E-state index is 0.237. The Morgan fingerprint density at radius 3 is 2.67 bits per heavy atom. The third kappa shape index (κ3) is 1.67. The van der Waals surface area contributed by atoms with Crippen LogP contribution in [0.2, 0.25) is 5.15 Å². The van der Waals surface area contributed by atoms with Crippen molar-refractivity contribution in [3.8, 4) is 0 Å². The molecule has 2 heterocycles. The van der Waals surface area contributed by atoms with Crippen molar-refractivity contribution in [2.75, 3.05) is 0 Å². The quantitative estimate of drug-likeness (QED) is 0.735. The van der Waals surface area contributed by atoms with Gasteiger partial charge in [0.1, 0.15) is 6.33 Å². The van der Waals surface area contributed by atoms with Crippen LogP contribution in [0.3, 0.4) is 0 Å². The summed E-state index contributed by atoms with van der Waals surface area (Å²) in [7, 11) is 0. The molecule has 5 nitrogen and oxygen atoms in total. The van der Waals surface area contributed by atoms with Gasteiger partial charge in [-0.2, -0.15) is 0 Å². The van der Waals surface area contributed by atoms with Crippen molar-refractivity contribution in [3.05, 3.63) is 11.5 Å². The molecular weight excluding hydrogens is 214 g/mol. The average Bonchev–Trinajstić information content (AvgIpc) is 2.61. The SMILES string of the molecule is CC(C)C(C)n1nnc2c(Cl)ncnc21. The third-order valence-corrected chi connectivity index (χ3v) is 2.84. The van der Waals surface area contributed by atoms with E-state index in [9.17, 15) is 0 Å². The molecular formula is C9H12ClN5. The van der Waals surface area contributed by atoms with Crippen molar-refractivity contribution < 1.29 is 0 Å². The van der Waals surface area contributed by atoms with E-state index >= 15 is 0 Å². The van der Waals surface area contributed by atoms with Gasteiger partial charge < -0.3 is 0 Å². The van der Waals surface area contributed by atoms with Gasteiger partial charge in [0.15, 0.2) is 16.3 Å². The van der Waals surface area contributed by atoms with Gasteiger partial charge in [-0.3, -0.25) is 0 Å². The standard InChI is InChI=1S/C9H12ClN5/c1-5(2)6(3)15-9-7(13-14-15)8(10)11-4-12-9/h4-6H,1-3H3. The zero-order chi connectivity index (χ0) is 11.0. The van der Waals surface area contributed by atoms with Crippen LogP contribution in [0.1, 0.15) is 26.8 Å². The first-order valence-corrected chi connectivity index (χ1v) is 5.20. The van der Waals surface area contributed by atoms with Gasteiger partial charge >= 0.3 is 0 Å². The lowest BCUT2D eigenvalue weighted by Gasteiger charge is -2.15. The number of fused-ring (bicyclic) bond motifs is 1. The van der Waals surface area contributed by atoms with E-state index in [1.807, 2.05) is 0 Å². The van der Waals surface area contributed by atoms with Crippen molar-refractivity contribution >= 4 is 22.8 Å². The van der Waals surface area contributed by atoms with Crippen LogP contribution in [-0.4, -0.2) is 25.0 Å². The summed E-state index contributed by atoms with van der Waals surface area (Å²) in [5, 5.41) is 8.38. The molecule has 0 N–H and O–H groups in total. The van der Waals surface area contributed by atoms with Crippen molar-refractivity contribution in [2.45, 2.75) is 26.8 Å². The Morgan fingerprint density at radius 1 is 1.27 bits per heavy atom. The largest absolute Gasteiger partial charge is 0.224 e. The molecule has 0 fully saturated rings. The highest BCUT2D eigenvalue weighted by Crippen LogP contribution is 2.22. The first-order chi connectivity index (χ1) is 7.11. The summed E-state index contributed by atoms with van der Waals surface area (Å²) in [6.07, 6.45) is 1.43. The molecule has 2 rings (SSSR count). The molecule has 6 heteroatoms. The molecule has 1 unspecified atom stereocenters. The molecule has 0 bridgehead atoms. The zero-order valence-corrected chi connectivity index (χ0v) is 9.60. The molecule has 0 amide bonds. The molecule has 80 valence electrons. The Bertz CT molecular complexity index is 478. The van der Waals surface area contributed by atoms with Gasteiger partial charge in [0.05, 0.1) is 6.04 Å². The number of rotatable bonds is 2. The number of hydrogen-bond donors (Lipinski definition) is 0. The Kier molecular flexibility index (Phi) is 2.56. The van der Waals surface area contributed by atoms with Crippen molar-refractivity contribution in [1.82, 2.24) is 25.0 Å². The monoisotopic (exact) mass is 225 g/mol. The van der Waals surface area contributed by atoms with Crippen LogP contribution < -0.4 is 0 Å². The summed E-state index contributed by atoms with van der Waals surface area (Å²) < 4.78 is 1.79. The molecule has 15 heavy (non-hydrogen) atoms. The van der Waals surface area contributed by atoms with Gasteiger partial charge in [0.25, 0.3) is 0 Å². The molecule has 0 aliphatic carbocycles. The van der Waals surface area contributed by atoms with Crippen molar-refractivity contribution in [2.24, 2.45) is 5.92 Å². The molecule has 0 aliphatic rings. The van der Waals surface area contributed by atoms with E-state index in [-0.39, 0.29) is 6.04 Å². The van der Waals surface area contributed by atoms with Crippen molar-refractivity contribution in [1.29, 1.82) is 0 Å². The molecule has 1 atom stereocenters. The Labute approximate surface area is 92.5 Å². The third-order valence-electron chi connectivity index (χ3n) is 2.57. The summed E-state index contributed by atoms with van der Waals surface area (Å²) in [5.74, 6) is 0.462. The van der Waals surface area contributed by atoms with Crippen LogP contribution in [0, 0.1) is 5.92 Å². The van der Waals surface area contributed by atoms with Gasteiger partial charge in [0.2, 0.25) is 0 Å². The molecule has 0 aliphatic heterocycles. The van der Waals surface area contributed by atoms with E-state index in [1.54, 1.807) is 4.68 Å². The minimum absolute atomic E-state index is 0.237. The molecule has 0 saturated carbocycles. The second-order valence-corrected chi connectivity index (χ2v) is 4.21. The second kappa shape index (κ2) is 3.73. The van der Waals surface area contributed by atoms with E-state index in [2.05, 4.69) is 41.1 Å². The van der Waals surface area contributed by atoms with E-state index in [0.29, 0.717) is 22.2 Å². The Morgan fingerprint density at radius 2 is 2.00 bits per heavy atom. The van der Waals surface area contributed by atoms with Gasteiger partial charge in [0, 0.05) is 0 Å². The summed E-state index contributed by atoms with van der Waals surface area (Å²) >= 11 is 5.89. The number of aromatic nitrogens is 5. The van der Waals surface area contributed by atoms with Crippen LogP contribution in [0.5, 0.6) is 0 Å². The topological polar surface area (TPSA) is 56.5 Å². The predicted molar refractivity (Wildman–Crippen MR) is 57.7 cm³/mol. The van der Waals surface area contributed by atoms with E-state index in [0.717, 1.165) is 0 Å². The van der Waals surface area contributed by atoms with Crippen LogP contribution >= 0.6 is 11.6 Å². The predicted octanol–water partition coefficient (Wildman–Crippen LogP) is 2.09. The summed E-state index contributed by atoms with van der Waals surface area (Å²) in [4.78, 5) is 8.01. The molecule has 0 aromatic carbocycles. The molecule has 0 spiro atoms. The van der Waals surface area contributed by atoms with Crippen LogP contribution in [0.4, 0.5) is 0 Å². The Hall–Kier alpha value is -1.23. The fourth-order valence-corrected chi connectivity index (χ4v) is 1.46. The second-order valence-electron chi connectivity index (χ2n) is 3.86. The van der Waals surface area contributed by atoms with Gasteiger partial charge in [-0.05, 0) is 12.8 Å². The highest BCUT2D eigenvalue weighted by atomic mass is 35.5. The van der Waals surface area contributed by atoms with Gasteiger partial charge in [-0.15, -0.1) is 5.10 Å². The summed E-state index contributed by atoms with van der Waals surface area (Å²) in [6, 6.07) is 0.237. The maximum atomic E-state index is 5.89. The van der Waals surface area contributed by atoms with Crippen molar-refractivity contribution in [3.63, 3.8) is 0 Å². The summed E-state index contributed by atoms with van der Waals surface area (Å²) in [5.41, 5.74) is 1.25. The maximum absolute atomic E-state index is 5.89. The number of nitrogens with zero attached hydrogens (tertiary/aromatic N) is 5. The number of halogens is 1. The lowest BCUT2D eigenvalue weighted by molar-refractivity contribution is 0.375. The maximum Gasteiger partial charge on any atom is 0.183 e. The fourth-order valence-electron chi connectivity index (χ4n) is 1.29. The first-order valence-electron chi connectivity index (χ1n) is 4.82. The lowest BCUT2D eigenvalue weighted by Crippen LogP contribution is -2.13. The lowest BCUT2D eigenvalue weighted by atomic mass is 10.1. The number of hydrogen-bond acceptors (Lipinski definition) is 4. The Balaban J connectivity index is 2.59. The highest BCUT2D eigenvalue weighted by Gasteiger charge is 2.16. The summed E-state index contributed by atoms with van der Waals surface area (Å²) in [6.45, 7) is 6.33. The zero-order valence-electron chi connectivity index (χ0n) is 8.85. The van der Waals surface area contributed by atoms with Gasteiger partial charge in [-0.25, -0.2) is 14.6 Å². The van der Waals surface area contributed by atoms with E-state index in [1.165, 1.54) is 6.33 Å². The minimum Gasteiger partial charge on any atom is -0.224 e. The molecule has 2 aromatic heterocycles.